The van der Waals surface area contributed by atoms with E-state index in [9.17, 15) is 4.79 Å². The average molecular weight is 342 g/mol. The van der Waals surface area contributed by atoms with Crippen LogP contribution in [0, 0.1) is 6.92 Å². The molecule has 1 aliphatic rings. The SMILES string of the molecule is Cc1nnsc1CN1CCC(NC(=O)c2cc3ccccc3o2)C1. The van der Waals surface area contributed by atoms with E-state index in [1.165, 1.54) is 16.4 Å². The lowest BCUT2D eigenvalue weighted by atomic mass is 10.2. The van der Waals surface area contributed by atoms with E-state index in [-0.39, 0.29) is 11.9 Å². The summed E-state index contributed by atoms with van der Waals surface area (Å²) in [6.07, 6.45) is 0.942. The molecule has 6 nitrogen and oxygen atoms in total. The largest absolute Gasteiger partial charge is 0.451 e. The number of amides is 1. The number of hydrogen-bond acceptors (Lipinski definition) is 6. The summed E-state index contributed by atoms with van der Waals surface area (Å²) in [4.78, 5) is 15.9. The third-order valence-electron chi connectivity index (χ3n) is 4.37. The lowest BCUT2D eigenvalue weighted by Gasteiger charge is -2.15. The molecule has 0 spiro atoms. The molecule has 3 aromatic rings. The van der Waals surface area contributed by atoms with Crippen LogP contribution in [0.25, 0.3) is 11.0 Å². The maximum Gasteiger partial charge on any atom is 0.287 e. The number of fused-ring (bicyclic) bond motifs is 1. The van der Waals surface area contributed by atoms with Gasteiger partial charge in [-0.1, -0.05) is 22.7 Å². The Morgan fingerprint density at radius 2 is 2.33 bits per heavy atom. The number of benzene rings is 1. The predicted molar refractivity (Wildman–Crippen MR) is 92.0 cm³/mol. The van der Waals surface area contributed by atoms with Gasteiger partial charge >= 0.3 is 0 Å². The van der Waals surface area contributed by atoms with Gasteiger partial charge in [-0.15, -0.1) is 5.10 Å². The van der Waals surface area contributed by atoms with Gasteiger partial charge in [0.2, 0.25) is 0 Å². The van der Waals surface area contributed by atoms with E-state index in [0.29, 0.717) is 5.76 Å². The van der Waals surface area contributed by atoms with Gasteiger partial charge in [0.05, 0.1) is 10.6 Å². The number of hydrogen-bond donors (Lipinski definition) is 1. The van der Waals surface area contributed by atoms with Crippen LogP contribution < -0.4 is 5.32 Å². The maximum atomic E-state index is 12.4. The van der Waals surface area contributed by atoms with Crippen molar-refractivity contribution in [1.29, 1.82) is 0 Å². The minimum atomic E-state index is -0.145. The average Bonchev–Trinajstić information content (AvgIpc) is 3.28. The molecule has 0 bridgehead atoms. The Kier molecular flexibility index (Phi) is 4.03. The fourth-order valence-corrected chi connectivity index (χ4v) is 3.72. The molecule has 0 radical (unpaired) electrons. The molecule has 1 fully saturated rings. The second-order valence-electron chi connectivity index (χ2n) is 6.12. The summed E-state index contributed by atoms with van der Waals surface area (Å²) in [6, 6.07) is 9.59. The number of aryl methyl sites for hydroxylation is 1. The zero-order valence-corrected chi connectivity index (χ0v) is 14.2. The molecule has 4 rings (SSSR count). The number of furan rings is 1. The Bertz CT molecular complexity index is 839. The molecular weight excluding hydrogens is 324 g/mol. The maximum absolute atomic E-state index is 12.4. The molecular formula is C17H18N4O2S. The number of carbonyl (C=O) groups is 1. The van der Waals surface area contributed by atoms with Gasteiger partial charge in [0.25, 0.3) is 5.91 Å². The first-order valence-corrected chi connectivity index (χ1v) is 8.76. The Morgan fingerprint density at radius 3 is 3.12 bits per heavy atom. The van der Waals surface area contributed by atoms with Gasteiger partial charge in [-0.3, -0.25) is 9.69 Å². The third kappa shape index (κ3) is 3.05. The van der Waals surface area contributed by atoms with Gasteiger partial charge in [0, 0.05) is 31.1 Å². The van der Waals surface area contributed by atoms with Gasteiger partial charge in [-0.05, 0) is 37.0 Å². The van der Waals surface area contributed by atoms with Crippen molar-refractivity contribution >= 4 is 28.4 Å². The lowest BCUT2D eigenvalue weighted by Crippen LogP contribution is -2.36. The predicted octanol–water partition coefficient (Wildman–Crippen LogP) is 2.60. The fourth-order valence-electron chi connectivity index (χ4n) is 3.04. The Morgan fingerprint density at radius 1 is 1.46 bits per heavy atom. The van der Waals surface area contributed by atoms with Crippen LogP contribution in [0.1, 0.15) is 27.5 Å². The normalized spacial score (nSPS) is 18.3. The molecule has 24 heavy (non-hydrogen) atoms. The van der Waals surface area contributed by atoms with Crippen molar-refractivity contribution < 1.29 is 9.21 Å². The minimum Gasteiger partial charge on any atom is -0.451 e. The van der Waals surface area contributed by atoms with Crippen molar-refractivity contribution in [3.8, 4) is 0 Å². The smallest absolute Gasteiger partial charge is 0.287 e. The molecule has 0 saturated carbocycles. The van der Waals surface area contributed by atoms with E-state index < -0.39 is 0 Å². The highest BCUT2D eigenvalue weighted by Crippen LogP contribution is 2.20. The second kappa shape index (κ2) is 6.33. The molecule has 2 aromatic heterocycles. The van der Waals surface area contributed by atoms with E-state index in [4.69, 9.17) is 4.42 Å². The van der Waals surface area contributed by atoms with Crippen molar-refractivity contribution in [2.45, 2.75) is 25.9 Å². The quantitative estimate of drug-likeness (QED) is 0.789. The molecule has 1 aromatic carbocycles. The van der Waals surface area contributed by atoms with Crippen molar-refractivity contribution in [2.24, 2.45) is 0 Å². The molecule has 124 valence electrons. The van der Waals surface area contributed by atoms with Crippen LogP contribution in [0.5, 0.6) is 0 Å². The van der Waals surface area contributed by atoms with Gasteiger partial charge in [-0.2, -0.15) is 0 Å². The highest BCUT2D eigenvalue weighted by molar-refractivity contribution is 7.05. The molecule has 3 heterocycles. The van der Waals surface area contributed by atoms with E-state index >= 15 is 0 Å². The number of nitrogens with one attached hydrogen (secondary N) is 1. The number of para-hydroxylation sites is 1. The van der Waals surface area contributed by atoms with Crippen LogP contribution in [0.2, 0.25) is 0 Å². The van der Waals surface area contributed by atoms with Crippen molar-refractivity contribution in [3.05, 3.63) is 46.7 Å². The van der Waals surface area contributed by atoms with Crippen LogP contribution in [0.15, 0.2) is 34.7 Å². The van der Waals surface area contributed by atoms with E-state index in [2.05, 4.69) is 19.8 Å². The summed E-state index contributed by atoms with van der Waals surface area (Å²) in [5.74, 6) is 0.228. The topological polar surface area (TPSA) is 71.3 Å². The Labute approximate surface area is 143 Å². The van der Waals surface area contributed by atoms with E-state index in [1.54, 1.807) is 6.07 Å². The molecule has 1 amide bonds. The monoisotopic (exact) mass is 342 g/mol. The summed E-state index contributed by atoms with van der Waals surface area (Å²) >= 11 is 1.45. The number of likely N-dealkylation sites (tertiary alicyclic amines) is 1. The van der Waals surface area contributed by atoms with Crippen LogP contribution in [-0.4, -0.2) is 39.5 Å². The molecule has 1 saturated heterocycles. The highest BCUT2D eigenvalue weighted by Gasteiger charge is 2.26. The second-order valence-corrected chi connectivity index (χ2v) is 6.96. The molecule has 1 N–H and O–H groups in total. The zero-order valence-electron chi connectivity index (χ0n) is 13.4. The molecule has 1 unspecified atom stereocenters. The van der Waals surface area contributed by atoms with Crippen LogP contribution in [-0.2, 0) is 6.54 Å². The lowest BCUT2D eigenvalue weighted by molar-refractivity contribution is 0.0912. The summed E-state index contributed by atoms with van der Waals surface area (Å²) in [5.41, 5.74) is 1.73. The van der Waals surface area contributed by atoms with Gasteiger partial charge in [-0.25, -0.2) is 0 Å². The van der Waals surface area contributed by atoms with Crippen LogP contribution >= 0.6 is 11.5 Å². The van der Waals surface area contributed by atoms with Crippen molar-refractivity contribution in [1.82, 2.24) is 19.8 Å². The zero-order chi connectivity index (χ0) is 16.5. The standard InChI is InChI=1S/C17H18N4O2S/c1-11-16(24-20-19-11)10-21-7-6-13(9-21)18-17(22)15-8-12-4-2-3-5-14(12)23-15/h2-5,8,13H,6-7,9-10H2,1H3,(H,18,22). The molecule has 0 aliphatic carbocycles. The van der Waals surface area contributed by atoms with Crippen LogP contribution in [0.4, 0.5) is 0 Å². The van der Waals surface area contributed by atoms with E-state index in [1.807, 2.05) is 31.2 Å². The fraction of sp³-hybridized carbons (Fsp3) is 0.353. The summed E-state index contributed by atoms with van der Waals surface area (Å²) in [5, 5.41) is 8.07. The van der Waals surface area contributed by atoms with Gasteiger partial charge in [0.15, 0.2) is 5.76 Å². The molecule has 1 aliphatic heterocycles. The third-order valence-corrected chi connectivity index (χ3v) is 5.18. The first kappa shape index (κ1) is 15.3. The Balaban J connectivity index is 1.37. The molecule has 7 heteroatoms. The first-order valence-electron chi connectivity index (χ1n) is 7.98. The van der Waals surface area contributed by atoms with Gasteiger partial charge in [0.1, 0.15) is 5.58 Å². The highest BCUT2D eigenvalue weighted by atomic mass is 32.1. The first-order chi connectivity index (χ1) is 11.7. The minimum absolute atomic E-state index is 0.145. The number of nitrogens with zero attached hydrogens (tertiary/aromatic N) is 3. The van der Waals surface area contributed by atoms with Crippen molar-refractivity contribution in [3.63, 3.8) is 0 Å². The van der Waals surface area contributed by atoms with Gasteiger partial charge < -0.3 is 9.73 Å². The van der Waals surface area contributed by atoms with E-state index in [0.717, 1.165) is 42.7 Å². The van der Waals surface area contributed by atoms with Crippen LogP contribution in [0.3, 0.4) is 0 Å². The number of aromatic nitrogens is 2. The summed E-state index contributed by atoms with van der Waals surface area (Å²) in [7, 11) is 0. The number of rotatable bonds is 4. The molecule has 1 atom stereocenters. The Hall–Kier alpha value is -2.25. The number of carbonyl (C=O) groups excluding carboxylic acids is 1. The summed E-state index contributed by atoms with van der Waals surface area (Å²) < 4.78 is 9.60. The summed E-state index contributed by atoms with van der Waals surface area (Å²) in [6.45, 7) is 4.63. The van der Waals surface area contributed by atoms with Crippen molar-refractivity contribution in [2.75, 3.05) is 13.1 Å².